The molecule has 3 rings (SSSR count). The Morgan fingerprint density at radius 1 is 1.17 bits per heavy atom. The van der Waals surface area contributed by atoms with Crippen LogP contribution in [0.15, 0.2) is 18.2 Å². The van der Waals surface area contributed by atoms with Crippen LogP contribution in [0.4, 0.5) is 11.4 Å². The molecule has 0 atom stereocenters. The van der Waals surface area contributed by atoms with Gasteiger partial charge in [0, 0.05) is 30.8 Å². The largest absolute Gasteiger partial charge is 0.326 e. The molecule has 0 bridgehead atoms. The van der Waals surface area contributed by atoms with Crippen molar-refractivity contribution in [3.8, 4) is 0 Å². The summed E-state index contributed by atoms with van der Waals surface area (Å²) in [5.41, 5.74) is 2.85. The number of benzene rings is 1. The lowest BCUT2D eigenvalue weighted by Crippen LogP contribution is -2.35. The minimum atomic E-state index is 0.114. The molecule has 0 aromatic heterocycles. The first kappa shape index (κ1) is 17.0. The summed E-state index contributed by atoms with van der Waals surface area (Å²) in [7, 11) is 0. The molecule has 4 nitrogen and oxygen atoms in total. The van der Waals surface area contributed by atoms with Crippen LogP contribution in [-0.2, 0) is 9.59 Å². The van der Waals surface area contributed by atoms with Crippen LogP contribution in [0.25, 0.3) is 0 Å². The third kappa shape index (κ3) is 4.16. The second kappa shape index (κ2) is 7.82. The van der Waals surface area contributed by atoms with Gasteiger partial charge in [0.05, 0.1) is 0 Å². The Bertz CT molecular complexity index is 606. The standard InChI is InChI=1S/C20H28N2O2/c1-15-13-17(21-19(23)14-16-7-3-2-4-8-16)10-11-18(15)22-12-6-5-9-20(22)24/h10-11,13,16H,2-9,12,14H2,1H3,(H,21,23). The zero-order valence-electron chi connectivity index (χ0n) is 14.6. The van der Waals surface area contributed by atoms with Crippen LogP contribution in [0, 0.1) is 12.8 Å². The first-order chi connectivity index (χ1) is 11.6. The molecule has 0 unspecified atom stereocenters. The van der Waals surface area contributed by atoms with Crippen molar-refractivity contribution in [2.45, 2.75) is 64.7 Å². The summed E-state index contributed by atoms with van der Waals surface area (Å²) in [5, 5.41) is 3.03. The van der Waals surface area contributed by atoms with Crippen molar-refractivity contribution in [1.82, 2.24) is 0 Å². The van der Waals surface area contributed by atoms with Crippen LogP contribution in [0.5, 0.6) is 0 Å². The first-order valence-corrected chi connectivity index (χ1v) is 9.34. The van der Waals surface area contributed by atoms with Gasteiger partial charge >= 0.3 is 0 Å². The molecule has 1 aromatic carbocycles. The molecule has 24 heavy (non-hydrogen) atoms. The third-order valence-corrected chi connectivity index (χ3v) is 5.29. The van der Waals surface area contributed by atoms with E-state index in [9.17, 15) is 9.59 Å². The average Bonchev–Trinajstić information content (AvgIpc) is 2.57. The highest BCUT2D eigenvalue weighted by molar-refractivity contribution is 5.96. The number of rotatable bonds is 4. The zero-order valence-corrected chi connectivity index (χ0v) is 14.6. The maximum atomic E-state index is 12.3. The summed E-state index contributed by atoms with van der Waals surface area (Å²) >= 11 is 0. The monoisotopic (exact) mass is 328 g/mol. The topological polar surface area (TPSA) is 49.4 Å². The van der Waals surface area contributed by atoms with E-state index in [1.807, 2.05) is 30.0 Å². The van der Waals surface area contributed by atoms with Gasteiger partial charge in [0.2, 0.25) is 11.8 Å². The van der Waals surface area contributed by atoms with Gasteiger partial charge in [0.15, 0.2) is 0 Å². The van der Waals surface area contributed by atoms with Crippen molar-refractivity contribution in [1.29, 1.82) is 0 Å². The number of hydrogen-bond donors (Lipinski definition) is 1. The van der Waals surface area contributed by atoms with Gasteiger partial charge in [0.25, 0.3) is 0 Å². The van der Waals surface area contributed by atoms with Gasteiger partial charge in [0.1, 0.15) is 0 Å². The maximum absolute atomic E-state index is 12.3. The summed E-state index contributed by atoms with van der Waals surface area (Å²) in [4.78, 5) is 26.2. The van der Waals surface area contributed by atoms with Crippen LogP contribution in [0.3, 0.4) is 0 Å². The highest BCUT2D eigenvalue weighted by Crippen LogP contribution is 2.29. The Kier molecular flexibility index (Phi) is 5.54. The number of carbonyl (C=O) groups excluding carboxylic acids is 2. The second-order valence-electron chi connectivity index (χ2n) is 7.26. The van der Waals surface area contributed by atoms with E-state index in [2.05, 4.69) is 5.32 Å². The Hall–Kier alpha value is -1.84. The summed E-state index contributed by atoms with van der Waals surface area (Å²) in [5.74, 6) is 0.867. The molecule has 1 aromatic rings. The van der Waals surface area contributed by atoms with Gasteiger partial charge in [-0.2, -0.15) is 0 Å². The van der Waals surface area contributed by atoms with Crippen LogP contribution in [0.2, 0.25) is 0 Å². The molecule has 4 heteroatoms. The summed E-state index contributed by atoms with van der Waals surface area (Å²) in [6.07, 6.45) is 9.52. The van der Waals surface area contributed by atoms with Crippen molar-refractivity contribution in [3.05, 3.63) is 23.8 Å². The lowest BCUT2D eigenvalue weighted by molar-refractivity contribution is -0.119. The molecular weight excluding hydrogens is 300 g/mol. The number of anilines is 2. The smallest absolute Gasteiger partial charge is 0.226 e. The van der Waals surface area contributed by atoms with E-state index in [1.165, 1.54) is 32.1 Å². The van der Waals surface area contributed by atoms with Gasteiger partial charge in [-0.05, 0) is 62.3 Å². The Balaban J connectivity index is 1.61. The summed E-state index contributed by atoms with van der Waals surface area (Å²) in [6.45, 7) is 2.81. The molecular formula is C20H28N2O2. The van der Waals surface area contributed by atoms with Gasteiger partial charge < -0.3 is 10.2 Å². The highest BCUT2D eigenvalue weighted by atomic mass is 16.2. The van der Waals surface area contributed by atoms with Gasteiger partial charge in [-0.15, -0.1) is 0 Å². The number of carbonyl (C=O) groups is 2. The fourth-order valence-electron chi connectivity index (χ4n) is 3.96. The second-order valence-corrected chi connectivity index (χ2v) is 7.26. The number of nitrogens with zero attached hydrogens (tertiary/aromatic N) is 1. The normalized spacial score (nSPS) is 19.4. The van der Waals surface area contributed by atoms with Gasteiger partial charge in [-0.3, -0.25) is 9.59 Å². The molecule has 1 aliphatic heterocycles. The fraction of sp³-hybridized carbons (Fsp3) is 0.600. The van der Waals surface area contributed by atoms with E-state index in [0.717, 1.165) is 36.3 Å². The van der Waals surface area contributed by atoms with E-state index in [1.54, 1.807) is 0 Å². The van der Waals surface area contributed by atoms with E-state index in [0.29, 0.717) is 18.8 Å². The lowest BCUT2D eigenvalue weighted by atomic mass is 9.87. The molecule has 1 saturated carbocycles. The lowest BCUT2D eigenvalue weighted by Gasteiger charge is -2.28. The number of piperidine rings is 1. The minimum absolute atomic E-state index is 0.114. The molecule has 0 spiro atoms. The van der Waals surface area contributed by atoms with Crippen LogP contribution in [-0.4, -0.2) is 18.4 Å². The molecule has 130 valence electrons. The van der Waals surface area contributed by atoms with Gasteiger partial charge in [-0.25, -0.2) is 0 Å². The number of hydrogen-bond acceptors (Lipinski definition) is 2. The average molecular weight is 328 g/mol. The van der Waals surface area contributed by atoms with Crippen molar-refractivity contribution in [2.75, 3.05) is 16.8 Å². The van der Waals surface area contributed by atoms with E-state index in [4.69, 9.17) is 0 Å². The third-order valence-electron chi connectivity index (χ3n) is 5.29. The molecule has 0 radical (unpaired) electrons. The molecule has 1 heterocycles. The molecule has 1 saturated heterocycles. The predicted octanol–water partition coefficient (Wildman–Crippen LogP) is 4.42. The van der Waals surface area contributed by atoms with Crippen molar-refractivity contribution in [3.63, 3.8) is 0 Å². The number of nitrogens with one attached hydrogen (secondary N) is 1. The van der Waals surface area contributed by atoms with Crippen molar-refractivity contribution in [2.24, 2.45) is 5.92 Å². The van der Waals surface area contributed by atoms with Crippen LogP contribution in [0.1, 0.15) is 63.4 Å². The first-order valence-electron chi connectivity index (χ1n) is 9.34. The van der Waals surface area contributed by atoms with Crippen LogP contribution >= 0.6 is 0 Å². The Morgan fingerprint density at radius 2 is 1.96 bits per heavy atom. The minimum Gasteiger partial charge on any atom is -0.326 e. The molecule has 2 amide bonds. The number of amides is 2. The molecule has 2 fully saturated rings. The molecule has 1 N–H and O–H groups in total. The van der Waals surface area contributed by atoms with Crippen molar-refractivity contribution < 1.29 is 9.59 Å². The van der Waals surface area contributed by atoms with Crippen LogP contribution < -0.4 is 10.2 Å². The summed E-state index contributed by atoms with van der Waals surface area (Å²) in [6, 6.07) is 5.87. The van der Waals surface area contributed by atoms with Crippen molar-refractivity contribution >= 4 is 23.2 Å². The van der Waals surface area contributed by atoms with E-state index >= 15 is 0 Å². The Morgan fingerprint density at radius 3 is 2.67 bits per heavy atom. The predicted molar refractivity (Wildman–Crippen MR) is 97.2 cm³/mol. The maximum Gasteiger partial charge on any atom is 0.226 e. The van der Waals surface area contributed by atoms with E-state index < -0.39 is 0 Å². The quantitative estimate of drug-likeness (QED) is 0.889. The highest BCUT2D eigenvalue weighted by Gasteiger charge is 2.21. The molecule has 1 aliphatic carbocycles. The number of aryl methyl sites for hydroxylation is 1. The fourth-order valence-corrected chi connectivity index (χ4v) is 3.96. The Labute approximate surface area is 144 Å². The van der Waals surface area contributed by atoms with Gasteiger partial charge in [-0.1, -0.05) is 19.3 Å². The van der Waals surface area contributed by atoms with E-state index in [-0.39, 0.29) is 11.8 Å². The molecule has 2 aliphatic rings. The zero-order chi connectivity index (χ0) is 16.9. The SMILES string of the molecule is Cc1cc(NC(=O)CC2CCCCC2)ccc1N1CCCCC1=O. The summed E-state index contributed by atoms with van der Waals surface area (Å²) < 4.78 is 0.